The lowest BCUT2D eigenvalue weighted by Gasteiger charge is -2.34. The van der Waals surface area contributed by atoms with Crippen molar-refractivity contribution < 1.29 is 4.79 Å². The predicted molar refractivity (Wildman–Crippen MR) is 118 cm³/mol. The lowest BCUT2D eigenvalue weighted by Crippen LogP contribution is -2.48. The Kier molecular flexibility index (Phi) is 5.90. The molecule has 4 rings (SSSR count). The number of carbonyl (C=O) groups is 1. The van der Waals surface area contributed by atoms with Crippen LogP contribution >= 0.6 is 27.3 Å². The maximum atomic E-state index is 12.8. The van der Waals surface area contributed by atoms with Crippen molar-refractivity contribution in [3.8, 4) is 10.6 Å². The third kappa shape index (κ3) is 4.35. The maximum Gasteiger partial charge on any atom is 0.254 e. The molecule has 3 aromatic rings. The van der Waals surface area contributed by atoms with Gasteiger partial charge in [-0.1, -0.05) is 46.3 Å². The van der Waals surface area contributed by atoms with Crippen molar-refractivity contribution in [2.45, 2.75) is 13.5 Å². The topological polar surface area (TPSA) is 36.4 Å². The van der Waals surface area contributed by atoms with Gasteiger partial charge in [0.15, 0.2) is 0 Å². The quantitative estimate of drug-likeness (QED) is 0.564. The Morgan fingerprint density at radius 3 is 2.57 bits per heavy atom. The Bertz CT molecular complexity index is 965. The smallest absolute Gasteiger partial charge is 0.254 e. The number of rotatable bonds is 4. The average Bonchev–Trinajstić information content (AvgIpc) is 3.17. The molecule has 28 heavy (non-hydrogen) atoms. The normalized spacial score (nSPS) is 15.0. The summed E-state index contributed by atoms with van der Waals surface area (Å²) in [5.41, 5.74) is 4.08. The van der Waals surface area contributed by atoms with Crippen molar-refractivity contribution in [1.29, 1.82) is 0 Å². The molecule has 0 spiro atoms. The van der Waals surface area contributed by atoms with E-state index in [0.717, 1.165) is 59.0 Å². The van der Waals surface area contributed by atoms with Crippen molar-refractivity contribution in [2.75, 3.05) is 26.2 Å². The van der Waals surface area contributed by atoms with Gasteiger partial charge < -0.3 is 4.90 Å². The Balaban J connectivity index is 1.34. The molecule has 1 fully saturated rings. The number of aromatic nitrogens is 1. The molecule has 0 radical (unpaired) electrons. The molecule has 2 aromatic carbocycles. The first-order chi connectivity index (χ1) is 13.6. The van der Waals surface area contributed by atoms with Crippen LogP contribution in [0.4, 0.5) is 0 Å². The summed E-state index contributed by atoms with van der Waals surface area (Å²) in [6, 6.07) is 16.1. The maximum absolute atomic E-state index is 12.8. The zero-order valence-corrected chi connectivity index (χ0v) is 18.2. The van der Waals surface area contributed by atoms with Gasteiger partial charge in [0.25, 0.3) is 5.91 Å². The highest BCUT2D eigenvalue weighted by Crippen LogP contribution is 2.24. The minimum atomic E-state index is 0.129. The van der Waals surface area contributed by atoms with Gasteiger partial charge in [-0.3, -0.25) is 9.69 Å². The number of hydrogen-bond acceptors (Lipinski definition) is 4. The van der Waals surface area contributed by atoms with E-state index in [1.807, 2.05) is 48.2 Å². The summed E-state index contributed by atoms with van der Waals surface area (Å²) in [5, 5.41) is 3.21. The van der Waals surface area contributed by atoms with Crippen LogP contribution in [0.3, 0.4) is 0 Å². The zero-order valence-electron chi connectivity index (χ0n) is 15.8. The van der Waals surface area contributed by atoms with E-state index in [1.165, 1.54) is 5.56 Å². The van der Waals surface area contributed by atoms with Crippen LogP contribution in [-0.4, -0.2) is 46.9 Å². The summed E-state index contributed by atoms with van der Waals surface area (Å²) in [6.45, 7) is 6.08. The first-order valence-electron chi connectivity index (χ1n) is 9.38. The van der Waals surface area contributed by atoms with Crippen molar-refractivity contribution in [3.05, 3.63) is 75.2 Å². The fourth-order valence-corrected chi connectivity index (χ4v) is 4.76. The third-order valence-electron chi connectivity index (χ3n) is 5.04. The second-order valence-corrected chi connectivity index (χ2v) is 8.81. The molecule has 6 heteroatoms. The van der Waals surface area contributed by atoms with Crippen LogP contribution in [0.15, 0.2) is 58.4 Å². The second kappa shape index (κ2) is 8.55. The van der Waals surface area contributed by atoms with Crippen molar-refractivity contribution in [1.82, 2.24) is 14.8 Å². The van der Waals surface area contributed by atoms with Gasteiger partial charge in [-0.05, 0) is 30.7 Å². The van der Waals surface area contributed by atoms with Gasteiger partial charge >= 0.3 is 0 Å². The Morgan fingerprint density at radius 2 is 1.86 bits per heavy atom. The van der Waals surface area contributed by atoms with Crippen molar-refractivity contribution in [2.24, 2.45) is 0 Å². The van der Waals surface area contributed by atoms with Crippen LogP contribution in [-0.2, 0) is 6.54 Å². The molecule has 1 aliphatic rings. The van der Waals surface area contributed by atoms with Gasteiger partial charge in [0.1, 0.15) is 5.01 Å². The molecule has 0 saturated carbocycles. The Morgan fingerprint density at radius 1 is 1.11 bits per heavy atom. The average molecular weight is 456 g/mol. The summed E-state index contributed by atoms with van der Waals surface area (Å²) in [7, 11) is 0. The molecular formula is C22H22BrN3OS. The molecule has 144 valence electrons. The number of hydrogen-bond donors (Lipinski definition) is 0. The molecule has 2 heterocycles. The van der Waals surface area contributed by atoms with E-state index >= 15 is 0 Å². The predicted octanol–water partition coefficient (Wildman–Crippen LogP) is 4.84. The summed E-state index contributed by atoms with van der Waals surface area (Å²) < 4.78 is 1.00. The van der Waals surface area contributed by atoms with E-state index in [2.05, 4.69) is 38.3 Å². The SMILES string of the molecule is Cc1cc(Br)ccc1C(=O)N1CCN(Cc2csc(-c3ccccc3)n2)CC1. The molecule has 1 saturated heterocycles. The summed E-state index contributed by atoms with van der Waals surface area (Å²) in [6.07, 6.45) is 0. The molecule has 0 unspecified atom stereocenters. The highest BCUT2D eigenvalue weighted by atomic mass is 79.9. The van der Waals surface area contributed by atoms with Gasteiger partial charge in [-0.2, -0.15) is 0 Å². The molecule has 0 N–H and O–H groups in total. The first-order valence-corrected chi connectivity index (χ1v) is 11.0. The van der Waals surface area contributed by atoms with E-state index in [0.29, 0.717) is 0 Å². The number of benzene rings is 2. The molecule has 0 bridgehead atoms. The van der Waals surface area contributed by atoms with Crippen LogP contribution < -0.4 is 0 Å². The van der Waals surface area contributed by atoms with Crippen LogP contribution in [0.1, 0.15) is 21.6 Å². The van der Waals surface area contributed by atoms with Crippen LogP contribution in [0.25, 0.3) is 10.6 Å². The van der Waals surface area contributed by atoms with Gasteiger partial charge in [-0.25, -0.2) is 4.98 Å². The summed E-state index contributed by atoms with van der Waals surface area (Å²) in [4.78, 5) is 22.0. The van der Waals surface area contributed by atoms with E-state index < -0.39 is 0 Å². The van der Waals surface area contributed by atoms with Gasteiger partial charge in [0.05, 0.1) is 5.69 Å². The van der Waals surface area contributed by atoms with Gasteiger partial charge in [0, 0.05) is 53.7 Å². The fourth-order valence-electron chi connectivity index (χ4n) is 3.47. The molecule has 0 aliphatic carbocycles. The minimum Gasteiger partial charge on any atom is -0.336 e. The minimum absolute atomic E-state index is 0.129. The van der Waals surface area contributed by atoms with Crippen molar-refractivity contribution in [3.63, 3.8) is 0 Å². The molecule has 4 nitrogen and oxygen atoms in total. The number of carbonyl (C=O) groups excluding carboxylic acids is 1. The van der Waals surface area contributed by atoms with Crippen LogP contribution in [0.5, 0.6) is 0 Å². The van der Waals surface area contributed by atoms with E-state index in [1.54, 1.807) is 11.3 Å². The molecular weight excluding hydrogens is 434 g/mol. The number of nitrogens with zero attached hydrogens (tertiary/aromatic N) is 3. The molecule has 1 aromatic heterocycles. The number of amides is 1. The number of piperazine rings is 1. The first kappa shape index (κ1) is 19.3. The summed E-state index contributed by atoms with van der Waals surface area (Å²) in [5.74, 6) is 0.129. The van der Waals surface area contributed by atoms with E-state index in [9.17, 15) is 4.79 Å². The largest absolute Gasteiger partial charge is 0.336 e. The van der Waals surface area contributed by atoms with Gasteiger partial charge in [-0.15, -0.1) is 11.3 Å². The Hall–Kier alpha value is -2.02. The lowest BCUT2D eigenvalue weighted by atomic mass is 10.1. The van der Waals surface area contributed by atoms with Crippen molar-refractivity contribution >= 4 is 33.2 Å². The van der Waals surface area contributed by atoms with Crippen LogP contribution in [0.2, 0.25) is 0 Å². The van der Waals surface area contributed by atoms with Gasteiger partial charge in [0.2, 0.25) is 0 Å². The monoisotopic (exact) mass is 455 g/mol. The second-order valence-electron chi connectivity index (χ2n) is 7.04. The molecule has 1 amide bonds. The molecule has 1 aliphatic heterocycles. The highest BCUT2D eigenvalue weighted by molar-refractivity contribution is 9.10. The third-order valence-corrected chi connectivity index (χ3v) is 6.47. The van der Waals surface area contributed by atoms with E-state index in [4.69, 9.17) is 4.98 Å². The zero-order chi connectivity index (χ0) is 19.5. The number of aryl methyl sites for hydroxylation is 1. The number of halogens is 1. The highest BCUT2D eigenvalue weighted by Gasteiger charge is 2.23. The Labute approximate surface area is 178 Å². The van der Waals surface area contributed by atoms with E-state index in [-0.39, 0.29) is 5.91 Å². The molecule has 0 atom stereocenters. The fraction of sp³-hybridized carbons (Fsp3) is 0.273. The summed E-state index contributed by atoms with van der Waals surface area (Å²) >= 11 is 5.15. The standard InChI is InChI=1S/C22H22BrN3OS/c1-16-13-18(23)7-8-20(16)22(27)26-11-9-25(10-12-26)14-19-15-28-21(24-19)17-5-3-2-4-6-17/h2-8,13,15H,9-12,14H2,1H3. The lowest BCUT2D eigenvalue weighted by molar-refractivity contribution is 0.0626. The number of thiazole rings is 1. The van der Waals surface area contributed by atoms with Crippen LogP contribution in [0, 0.1) is 6.92 Å².